The standard InChI is InChI=1S/C30H33N3O4/c1-18(2)12-26(33-17-21-10-5-6-11-24(21)30(33)37)29(36)32-25(14-27(34)35)22-13-23(16-31-15-22)28-19(3)8-7-9-20(28)4/h5-11,13,15-16,18,25-26H,12,14,17H2,1-4H3,(H,32,36)(H,34,35)/t25-,26-/m0/s1. The molecule has 0 radical (unpaired) electrons. The molecule has 192 valence electrons. The number of fused-ring (bicyclic) bond motifs is 1. The van der Waals surface area contributed by atoms with Crippen LogP contribution in [0.1, 0.15) is 65.3 Å². The number of carbonyl (C=O) groups excluding carboxylic acids is 2. The number of nitrogens with one attached hydrogen (secondary N) is 1. The van der Waals surface area contributed by atoms with Gasteiger partial charge in [0.15, 0.2) is 0 Å². The average Bonchev–Trinajstić information content (AvgIpc) is 3.18. The number of nitrogens with zero attached hydrogens (tertiary/aromatic N) is 2. The predicted molar refractivity (Wildman–Crippen MR) is 142 cm³/mol. The van der Waals surface area contributed by atoms with Gasteiger partial charge < -0.3 is 15.3 Å². The van der Waals surface area contributed by atoms with Crippen LogP contribution >= 0.6 is 0 Å². The molecule has 2 heterocycles. The van der Waals surface area contributed by atoms with Gasteiger partial charge in [-0.1, -0.05) is 50.2 Å². The highest BCUT2D eigenvalue weighted by Gasteiger charge is 2.37. The smallest absolute Gasteiger partial charge is 0.305 e. The van der Waals surface area contributed by atoms with Crippen molar-refractivity contribution in [3.05, 3.63) is 88.7 Å². The van der Waals surface area contributed by atoms with Gasteiger partial charge >= 0.3 is 5.97 Å². The number of carboxylic acids is 1. The van der Waals surface area contributed by atoms with Crippen LogP contribution in [-0.4, -0.2) is 38.8 Å². The van der Waals surface area contributed by atoms with Crippen molar-refractivity contribution in [3.63, 3.8) is 0 Å². The predicted octanol–water partition coefficient (Wildman–Crippen LogP) is 5.07. The second-order valence-corrected chi connectivity index (χ2v) is 10.2. The van der Waals surface area contributed by atoms with E-state index >= 15 is 0 Å². The van der Waals surface area contributed by atoms with Crippen LogP contribution in [0.5, 0.6) is 0 Å². The zero-order chi connectivity index (χ0) is 26.7. The van der Waals surface area contributed by atoms with E-state index in [1.165, 1.54) is 0 Å². The van der Waals surface area contributed by atoms with E-state index in [0.29, 0.717) is 24.1 Å². The van der Waals surface area contributed by atoms with E-state index in [1.54, 1.807) is 23.4 Å². The molecule has 0 bridgehead atoms. The number of pyridine rings is 1. The zero-order valence-electron chi connectivity index (χ0n) is 21.7. The number of carboxylic acid groups (broad SMARTS) is 1. The number of aryl methyl sites for hydroxylation is 2. The SMILES string of the molecule is Cc1cccc(C)c1-c1cncc([C@H](CC(=O)O)NC(=O)[C@H](CC(C)C)N2Cc3ccccc3C2=O)c1. The Morgan fingerprint density at radius 2 is 1.76 bits per heavy atom. The Hall–Kier alpha value is -4.00. The first-order valence-electron chi connectivity index (χ1n) is 12.6. The van der Waals surface area contributed by atoms with Crippen molar-refractivity contribution in [2.75, 3.05) is 0 Å². The summed E-state index contributed by atoms with van der Waals surface area (Å²) in [5.74, 6) is -1.42. The summed E-state index contributed by atoms with van der Waals surface area (Å²) >= 11 is 0. The maximum Gasteiger partial charge on any atom is 0.305 e. The Kier molecular flexibility index (Phi) is 7.71. The third kappa shape index (κ3) is 5.71. The van der Waals surface area contributed by atoms with Crippen LogP contribution in [0.2, 0.25) is 0 Å². The first-order chi connectivity index (χ1) is 17.7. The topological polar surface area (TPSA) is 99.6 Å². The van der Waals surface area contributed by atoms with Crippen molar-refractivity contribution in [2.24, 2.45) is 5.92 Å². The van der Waals surface area contributed by atoms with E-state index < -0.39 is 18.1 Å². The summed E-state index contributed by atoms with van der Waals surface area (Å²) in [5, 5.41) is 12.6. The van der Waals surface area contributed by atoms with Gasteiger partial charge in [0.1, 0.15) is 6.04 Å². The van der Waals surface area contributed by atoms with E-state index in [2.05, 4.69) is 10.3 Å². The molecule has 3 aromatic rings. The quantitative estimate of drug-likeness (QED) is 0.428. The van der Waals surface area contributed by atoms with Gasteiger partial charge in [0.05, 0.1) is 12.5 Å². The van der Waals surface area contributed by atoms with Gasteiger partial charge in [-0.15, -0.1) is 0 Å². The van der Waals surface area contributed by atoms with Crippen LogP contribution in [0.15, 0.2) is 60.9 Å². The van der Waals surface area contributed by atoms with Crippen molar-refractivity contribution < 1.29 is 19.5 Å². The largest absolute Gasteiger partial charge is 0.481 e. The zero-order valence-corrected chi connectivity index (χ0v) is 21.7. The fourth-order valence-corrected chi connectivity index (χ4v) is 5.10. The van der Waals surface area contributed by atoms with Crippen molar-refractivity contribution in [1.29, 1.82) is 0 Å². The second-order valence-electron chi connectivity index (χ2n) is 10.2. The summed E-state index contributed by atoms with van der Waals surface area (Å²) in [5.41, 5.74) is 6.18. The summed E-state index contributed by atoms with van der Waals surface area (Å²) in [4.78, 5) is 44.6. The number of hydrogen-bond donors (Lipinski definition) is 2. The number of aromatic nitrogens is 1. The van der Waals surface area contributed by atoms with E-state index in [9.17, 15) is 19.5 Å². The molecule has 1 aromatic heterocycles. The van der Waals surface area contributed by atoms with Gasteiger partial charge in [-0.2, -0.15) is 0 Å². The molecular weight excluding hydrogens is 466 g/mol. The number of carbonyl (C=O) groups is 3. The maximum atomic E-state index is 13.7. The Morgan fingerprint density at radius 3 is 2.41 bits per heavy atom. The highest BCUT2D eigenvalue weighted by Crippen LogP contribution is 2.30. The molecule has 0 spiro atoms. The molecule has 7 heteroatoms. The minimum Gasteiger partial charge on any atom is -0.481 e. The molecule has 2 N–H and O–H groups in total. The Labute approximate surface area is 217 Å². The molecule has 2 atom stereocenters. The monoisotopic (exact) mass is 499 g/mol. The first kappa shape index (κ1) is 26.1. The van der Waals surface area contributed by atoms with Crippen molar-refractivity contribution in [2.45, 2.75) is 59.2 Å². The maximum absolute atomic E-state index is 13.7. The summed E-state index contributed by atoms with van der Waals surface area (Å²) in [6, 6.07) is 13.8. The highest BCUT2D eigenvalue weighted by atomic mass is 16.4. The van der Waals surface area contributed by atoms with E-state index in [0.717, 1.165) is 27.8 Å². The molecule has 0 saturated carbocycles. The van der Waals surface area contributed by atoms with Crippen LogP contribution < -0.4 is 5.32 Å². The van der Waals surface area contributed by atoms with Crippen LogP contribution in [0.4, 0.5) is 0 Å². The summed E-state index contributed by atoms with van der Waals surface area (Å²) < 4.78 is 0. The lowest BCUT2D eigenvalue weighted by atomic mass is 9.94. The Morgan fingerprint density at radius 1 is 1.05 bits per heavy atom. The van der Waals surface area contributed by atoms with Gasteiger partial charge in [0.25, 0.3) is 5.91 Å². The minimum absolute atomic E-state index is 0.152. The number of benzene rings is 2. The molecule has 2 aromatic carbocycles. The molecule has 1 aliphatic rings. The molecule has 0 unspecified atom stereocenters. The van der Waals surface area contributed by atoms with Crippen molar-refractivity contribution in [1.82, 2.24) is 15.2 Å². The van der Waals surface area contributed by atoms with Gasteiger partial charge in [-0.3, -0.25) is 19.4 Å². The fourth-order valence-electron chi connectivity index (χ4n) is 5.10. The third-order valence-corrected chi connectivity index (χ3v) is 6.85. The second kappa shape index (κ2) is 10.9. The first-order valence-corrected chi connectivity index (χ1v) is 12.6. The average molecular weight is 500 g/mol. The highest BCUT2D eigenvalue weighted by molar-refractivity contribution is 6.01. The third-order valence-electron chi connectivity index (χ3n) is 6.85. The lowest BCUT2D eigenvalue weighted by Crippen LogP contribution is -2.48. The molecule has 0 aliphatic carbocycles. The van der Waals surface area contributed by atoms with Gasteiger partial charge in [-0.25, -0.2) is 0 Å². The van der Waals surface area contributed by atoms with Crippen LogP contribution in [0.3, 0.4) is 0 Å². The van der Waals surface area contributed by atoms with Crippen LogP contribution in [0, 0.1) is 19.8 Å². The number of aliphatic carboxylic acids is 1. The molecule has 2 amide bonds. The van der Waals surface area contributed by atoms with Crippen molar-refractivity contribution >= 4 is 17.8 Å². The number of amides is 2. The molecule has 1 aliphatic heterocycles. The fraction of sp³-hybridized carbons (Fsp3) is 0.333. The summed E-state index contributed by atoms with van der Waals surface area (Å²) in [7, 11) is 0. The van der Waals surface area contributed by atoms with Crippen molar-refractivity contribution in [3.8, 4) is 11.1 Å². The van der Waals surface area contributed by atoms with Gasteiger partial charge in [0.2, 0.25) is 5.91 Å². The Bertz CT molecular complexity index is 1310. The molecule has 7 nitrogen and oxygen atoms in total. The summed E-state index contributed by atoms with van der Waals surface area (Å²) in [6.07, 6.45) is 3.51. The number of hydrogen-bond acceptors (Lipinski definition) is 4. The van der Waals surface area contributed by atoms with Crippen LogP contribution in [0.25, 0.3) is 11.1 Å². The molecule has 0 saturated heterocycles. The molecular formula is C30H33N3O4. The molecule has 4 rings (SSSR count). The summed E-state index contributed by atoms with van der Waals surface area (Å²) in [6.45, 7) is 8.40. The number of rotatable bonds is 9. The van der Waals surface area contributed by atoms with E-state index in [1.807, 2.05) is 70.2 Å². The minimum atomic E-state index is -1.03. The lowest BCUT2D eigenvalue weighted by molar-refractivity contribution is -0.138. The molecule has 0 fully saturated rings. The van der Waals surface area contributed by atoms with Gasteiger partial charge in [-0.05, 0) is 66.1 Å². The van der Waals surface area contributed by atoms with E-state index in [4.69, 9.17) is 0 Å². The van der Waals surface area contributed by atoms with Crippen LogP contribution in [-0.2, 0) is 16.1 Å². The lowest BCUT2D eigenvalue weighted by Gasteiger charge is -2.30. The van der Waals surface area contributed by atoms with Gasteiger partial charge in [0, 0.05) is 30.1 Å². The molecule has 37 heavy (non-hydrogen) atoms. The Balaban J connectivity index is 1.64. The van der Waals surface area contributed by atoms with E-state index in [-0.39, 0.29) is 24.2 Å². The normalized spacial score (nSPS) is 14.4.